The second kappa shape index (κ2) is 9.91. The zero-order valence-electron chi connectivity index (χ0n) is 20.1. The Labute approximate surface area is 207 Å². The van der Waals surface area contributed by atoms with Gasteiger partial charge in [0, 0.05) is 32.2 Å². The summed E-state index contributed by atoms with van der Waals surface area (Å²) in [7, 11) is 1.55. The normalized spacial score (nSPS) is 18.4. The van der Waals surface area contributed by atoms with E-state index in [9.17, 15) is 18.0 Å². The van der Waals surface area contributed by atoms with Gasteiger partial charge in [-0.25, -0.2) is 9.79 Å². The van der Waals surface area contributed by atoms with E-state index in [2.05, 4.69) is 10.3 Å². The molecule has 1 saturated carbocycles. The monoisotopic (exact) mass is 502 g/mol. The lowest BCUT2D eigenvalue weighted by molar-refractivity contribution is -0.137. The van der Waals surface area contributed by atoms with Crippen LogP contribution in [0.25, 0.3) is 0 Å². The van der Waals surface area contributed by atoms with E-state index in [1.165, 1.54) is 12.5 Å². The lowest BCUT2D eigenvalue weighted by Gasteiger charge is -2.37. The number of fused-ring (bicyclic) bond motifs is 2. The molecule has 36 heavy (non-hydrogen) atoms. The minimum atomic E-state index is -4.50. The smallest absolute Gasteiger partial charge is 0.416 e. The first-order valence-corrected chi connectivity index (χ1v) is 12.3. The van der Waals surface area contributed by atoms with E-state index in [0.717, 1.165) is 37.8 Å². The van der Waals surface area contributed by atoms with Crippen LogP contribution in [0.4, 0.5) is 23.7 Å². The molecule has 1 aliphatic carbocycles. The third-order valence-corrected chi connectivity index (χ3v) is 6.96. The molecule has 1 N–H and O–H groups in total. The number of urea groups is 1. The van der Waals surface area contributed by atoms with Crippen LogP contribution in [0.2, 0.25) is 0 Å². The van der Waals surface area contributed by atoms with Gasteiger partial charge >= 0.3 is 12.2 Å². The SMILES string of the molecule is COc1ccc2c(c1)C(N1CCN(C(=O)NC3CCCCC3)CC1)=Nc1cc(C(F)(F)F)ccc1O2. The first-order valence-electron chi connectivity index (χ1n) is 12.3. The molecule has 2 aliphatic heterocycles. The van der Waals surface area contributed by atoms with Gasteiger partial charge in [-0.3, -0.25) is 0 Å². The number of hydrogen-bond donors (Lipinski definition) is 1. The fourth-order valence-corrected chi connectivity index (χ4v) is 4.94. The molecule has 192 valence electrons. The fraction of sp³-hybridized carbons (Fsp3) is 0.462. The Morgan fingerprint density at radius 1 is 1.03 bits per heavy atom. The van der Waals surface area contributed by atoms with Crippen LogP contribution in [0.1, 0.15) is 43.2 Å². The van der Waals surface area contributed by atoms with Gasteiger partial charge in [0.1, 0.15) is 23.0 Å². The number of nitrogens with zero attached hydrogens (tertiary/aromatic N) is 3. The second-order valence-electron chi connectivity index (χ2n) is 9.34. The van der Waals surface area contributed by atoms with Gasteiger partial charge in [0.2, 0.25) is 0 Å². The highest BCUT2D eigenvalue weighted by molar-refractivity contribution is 6.04. The van der Waals surface area contributed by atoms with E-state index in [4.69, 9.17) is 9.47 Å². The fourth-order valence-electron chi connectivity index (χ4n) is 4.94. The molecule has 2 aromatic carbocycles. The molecule has 0 aromatic heterocycles. The number of amidine groups is 1. The van der Waals surface area contributed by atoms with Crippen LogP contribution < -0.4 is 14.8 Å². The summed E-state index contributed by atoms with van der Waals surface area (Å²) in [5, 5.41) is 3.15. The molecule has 0 atom stereocenters. The number of nitrogens with one attached hydrogen (secondary N) is 1. The lowest BCUT2D eigenvalue weighted by Crippen LogP contribution is -2.54. The largest absolute Gasteiger partial charge is 0.497 e. The number of aliphatic imine (C=N–C) groups is 1. The van der Waals surface area contributed by atoms with Crippen LogP contribution in [-0.4, -0.2) is 61.0 Å². The minimum absolute atomic E-state index is 0.0603. The van der Waals surface area contributed by atoms with Gasteiger partial charge in [-0.1, -0.05) is 19.3 Å². The van der Waals surface area contributed by atoms with Crippen molar-refractivity contribution in [2.75, 3.05) is 33.3 Å². The van der Waals surface area contributed by atoms with Crippen molar-refractivity contribution in [2.24, 2.45) is 4.99 Å². The molecule has 5 rings (SSSR count). The summed E-state index contributed by atoms with van der Waals surface area (Å²) < 4.78 is 51.6. The van der Waals surface area contributed by atoms with Gasteiger partial charge in [-0.15, -0.1) is 0 Å². The highest BCUT2D eigenvalue weighted by Gasteiger charge is 2.33. The van der Waals surface area contributed by atoms with Gasteiger partial charge in [-0.2, -0.15) is 13.2 Å². The number of halogens is 3. The van der Waals surface area contributed by atoms with Crippen LogP contribution in [0, 0.1) is 0 Å². The zero-order valence-corrected chi connectivity index (χ0v) is 20.1. The molecule has 10 heteroatoms. The minimum Gasteiger partial charge on any atom is -0.497 e. The van der Waals surface area contributed by atoms with Crippen LogP contribution in [-0.2, 0) is 6.18 Å². The molecule has 0 unspecified atom stereocenters. The van der Waals surface area contributed by atoms with Gasteiger partial charge in [0.25, 0.3) is 0 Å². The quantitative estimate of drug-likeness (QED) is 0.584. The number of rotatable bonds is 2. The molecule has 0 spiro atoms. The van der Waals surface area contributed by atoms with E-state index in [1.54, 1.807) is 30.2 Å². The van der Waals surface area contributed by atoms with E-state index in [-0.39, 0.29) is 23.5 Å². The first-order chi connectivity index (χ1) is 17.3. The highest BCUT2D eigenvalue weighted by Crippen LogP contribution is 2.42. The molecule has 2 fully saturated rings. The number of carbonyl (C=O) groups is 1. The summed E-state index contributed by atoms with van der Waals surface area (Å²) in [6, 6.07) is 8.70. The number of alkyl halides is 3. The number of hydrogen-bond acceptors (Lipinski definition) is 5. The highest BCUT2D eigenvalue weighted by atomic mass is 19.4. The maximum atomic E-state index is 13.4. The predicted octanol–water partition coefficient (Wildman–Crippen LogP) is 5.56. The topological polar surface area (TPSA) is 66.4 Å². The summed E-state index contributed by atoms with van der Waals surface area (Å²) in [6.45, 7) is 1.93. The van der Waals surface area contributed by atoms with Crippen molar-refractivity contribution in [2.45, 2.75) is 44.3 Å². The third-order valence-electron chi connectivity index (χ3n) is 6.96. The van der Waals surface area contributed by atoms with Crippen molar-refractivity contribution in [1.29, 1.82) is 0 Å². The number of piperazine rings is 1. The number of amides is 2. The Morgan fingerprint density at radius 2 is 1.75 bits per heavy atom. The average molecular weight is 503 g/mol. The zero-order chi connectivity index (χ0) is 25.3. The molecule has 2 aromatic rings. The number of ether oxygens (including phenoxy) is 2. The number of benzene rings is 2. The van der Waals surface area contributed by atoms with E-state index < -0.39 is 11.7 Å². The Hall–Kier alpha value is -3.43. The first kappa shape index (κ1) is 24.3. The maximum Gasteiger partial charge on any atom is 0.416 e. The molecular formula is C26H29F3N4O3. The maximum absolute atomic E-state index is 13.4. The number of methoxy groups -OCH3 is 1. The average Bonchev–Trinajstić information content (AvgIpc) is 3.04. The molecular weight excluding hydrogens is 473 g/mol. The van der Waals surface area contributed by atoms with Gasteiger partial charge in [0.05, 0.1) is 18.2 Å². The molecule has 0 radical (unpaired) electrons. The Balaban J connectivity index is 1.41. The van der Waals surface area contributed by atoms with Crippen molar-refractivity contribution in [1.82, 2.24) is 15.1 Å². The van der Waals surface area contributed by atoms with Gasteiger partial charge in [-0.05, 0) is 49.2 Å². The third kappa shape index (κ3) is 5.08. The van der Waals surface area contributed by atoms with Crippen molar-refractivity contribution in [3.05, 3.63) is 47.5 Å². The van der Waals surface area contributed by atoms with Crippen molar-refractivity contribution >= 4 is 17.6 Å². The molecule has 0 bridgehead atoms. The van der Waals surface area contributed by atoms with Crippen molar-refractivity contribution in [3.8, 4) is 17.2 Å². The summed E-state index contributed by atoms with van der Waals surface area (Å²) >= 11 is 0. The van der Waals surface area contributed by atoms with Gasteiger partial charge in [0.15, 0.2) is 5.75 Å². The standard InChI is InChI=1S/C26H29F3N4O3/c1-35-19-8-10-22-20(16-19)24(31-21-15-17(26(27,28)29)7-9-23(21)36-22)32-11-13-33(14-12-32)25(34)30-18-5-3-2-4-6-18/h7-10,15-16,18H,2-6,11-14H2,1H3,(H,30,34). The van der Waals surface area contributed by atoms with Crippen molar-refractivity contribution in [3.63, 3.8) is 0 Å². The van der Waals surface area contributed by atoms with E-state index in [1.807, 2.05) is 4.90 Å². The van der Waals surface area contributed by atoms with E-state index in [0.29, 0.717) is 49.1 Å². The van der Waals surface area contributed by atoms with Crippen LogP contribution in [0.5, 0.6) is 17.2 Å². The number of carbonyl (C=O) groups excluding carboxylic acids is 1. The molecule has 3 aliphatic rings. The van der Waals surface area contributed by atoms with Crippen LogP contribution >= 0.6 is 0 Å². The molecule has 2 amide bonds. The molecule has 1 saturated heterocycles. The summed E-state index contributed by atoms with van der Waals surface area (Å²) in [5.41, 5.74) is -0.0626. The Kier molecular flexibility index (Phi) is 6.68. The summed E-state index contributed by atoms with van der Waals surface area (Å²) in [4.78, 5) is 21.2. The Morgan fingerprint density at radius 3 is 2.44 bits per heavy atom. The van der Waals surface area contributed by atoms with Crippen molar-refractivity contribution < 1.29 is 27.4 Å². The lowest BCUT2D eigenvalue weighted by atomic mass is 9.96. The second-order valence-corrected chi connectivity index (χ2v) is 9.34. The Bertz CT molecular complexity index is 1150. The molecule has 2 heterocycles. The predicted molar refractivity (Wildman–Crippen MR) is 129 cm³/mol. The summed E-state index contributed by atoms with van der Waals surface area (Å²) in [6.07, 6.45) is 1.03. The van der Waals surface area contributed by atoms with Crippen LogP contribution in [0.15, 0.2) is 41.4 Å². The summed E-state index contributed by atoms with van der Waals surface area (Å²) in [5.74, 6) is 1.80. The molecule has 7 nitrogen and oxygen atoms in total. The van der Waals surface area contributed by atoms with E-state index >= 15 is 0 Å². The van der Waals surface area contributed by atoms with Crippen LogP contribution in [0.3, 0.4) is 0 Å². The van der Waals surface area contributed by atoms with Gasteiger partial charge < -0.3 is 24.6 Å².